The van der Waals surface area contributed by atoms with Crippen LogP contribution in [-0.2, 0) is 29.2 Å². The van der Waals surface area contributed by atoms with Gasteiger partial charge in [-0.15, -0.1) is 0 Å². The van der Waals surface area contributed by atoms with E-state index >= 15 is 0 Å². The van der Waals surface area contributed by atoms with Crippen molar-refractivity contribution in [1.29, 1.82) is 0 Å². The number of carbonyl (C=O) groups excluding carboxylic acids is 4. The number of rotatable bonds is 11. The van der Waals surface area contributed by atoms with Gasteiger partial charge in [-0.2, -0.15) is 0 Å². The zero-order valence-electron chi connectivity index (χ0n) is 45.9. The zero-order valence-corrected chi connectivity index (χ0v) is 49.1. The third-order valence-corrected chi connectivity index (χ3v) is 15.5. The molecule has 22 heteroatoms. The van der Waals surface area contributed by atoms with E-state index in [0.29, 0.717) is 29.7 Å². The van der Waals surface area contributed by atoms with Crippen LogP contribution in [0.1, 0.15) is 49.8 Å². The first-order valence-electron chi connectivity index (χ1n) is 27.2. The van der Waals surface area contributed by atoms with Gasteiger partial charge in [-0.25, -0.2) is 4.39 Å². The Morgan fingerprint density at radius 1 is 0.639 bits per heavy atom. The van der Waals surface area contributed by atoms with E-state index in [-0.39, 0.29) is 30.8 Å². The summed E-state index contributed by atoms with van der Waals surface area (Å²) in [6.07, 6.45) is 16.6. The molecule has 0 aliphatic carbocycles. The molecule has 0 radical (unpaired) electrons. The zero-order chi connectivity index (χ0) is 58.0. The van der Waals surface area contributed by atoms with Gasteiger partial charge < -0.3 is 29.7 Å². The molecule has 12 rings (SSSR count). The molecular formula is C61H63Br2FN14O5. The topological polar surface area (TPSA) is 198 Å². The van der Waals surface area contributed by atoms with Crippen LogP contribution in [0.25, 0.3) is 0 Å². The fourth-order valence-corrected chi connectivity index (χ4v) is 10.5. The van der Waals surface area contributed by atoms with E-state index in [4.69, 9.17) is 4.74 Å². The summed E-state index contributed by atoms with van der Waals surface area (Å²) < 4.78 is 21.8. The first-order valence-corrected chi connectivity index (χ1v) is 28.8. The number of carbonyl (C=O) groups is 4. The highest BCUT2D eigenvalue weighted by atomic mass is 79.9. The lowest BCUT2D eigenvalue weighted by molar-refractivity contribution is -0.127. The van der Waals surface area contributed by atoms with E-state index in [9.17, 15) is 23.6 Å². The minimum atomic E-state index is -1.46. The third-order valence-electron chi connectivity index (χ3n) is 14.5. The minimum absolute atomic E-state index is 0.0320. The molecule has 5 aliphatic heterocycles. The van der Waals surface area contributed by atoms with Crippen molar-refractivity contribution in [3.8, 4) is 17.6 Å². The van der Waals surface area contributed by atoms with E-state index in [2.05, 4.69) is 145 Å². The maximum atomic E-state index is 14.8. The Hall–Kier alpha value is -8.07. The number of aldehydes is 1. The van der Waals surface area contributed by atoms with Crippen LogP contribution in [0.4, 0.5) is 21.5 Å². The van der Waals surface area contributed by atoms with Gasteiger partial charge >= 0.3 is 0 Å². The molecule has 4 saturated heterocycles. The fourth-order valence-electron chi connectivity index (χ4n) is 10.0. The largest absolute Gasteiger partial charge is 0.494 e. The number of ether oxygens (including phenoxy) is 1. The minimum Gasteiger partial charge on any atom is -0.494 e. The summed E-state index contributed by atoms with van der Waals surface area (Å²) >= 11 is 6.61. The molecule has 4 fully saturated rings. The maximum absolute atomic E-state index is 14.8. The van der Waals surface area contributed by atoms with Crippen LogP contribution in [-0.4, -0.2) is 161 Å². The second kappa shape index (κ2) is 29.3. The van der Waals surface area contributed by atoms with Gasteiger partial charge in [0.25, 0.3) is 5.91 Å². The Bertz CT molecular complexity index is 3330. The summed E-state index contributed by atoms with van der Waals surface area (Å²) in [5.74, 6) is 3.58. The quantitative estimate of drug-likeness (QED) is 0.0788. The van der Waals surface area contributed by atoms with E-state index in [1.807, 2.05) is 55.2 Å². The molecule has 83 heavy (non-hydrogen) atoms. The van der Waals surface area contributed by atoms with Crippen molar-refractivity contribution in [1.82, 2.24) is 55.2 Å². The van der Waals surface area contributed by atoms with E-state index < -0.39 is 29.0 Å². The number of anilines is 3. The molecule has 6 aromatic heterocycles. The van der Waals surface area contributed by atoms with Gasteiger partial charge in [0.2, 0.25) is 11.8 Å². The van der Waals surface area contributed by atoms with Gasteiger partial charge in [0.1, 0.15) is 11.1 Å². The lowest BCUT2D eigenvalue weighted by Crippen LogP contribution is -2.46. The molecule has 0 spiro atoms. The summed E-state index contributed by atoms with van der Waals surface area (Å²) in [5.41, 5.74) is 5.75. The molecule has 428 valence electrons. The number of aromatic nitrogens is 6. The number of pyridine rings is 6. The predicted molar refractivity (Wildman–Crippen MR) is 321 cm³/mol. The van der Waals surface area contributed by atoms with Crippen LogP contribution in [0.5, 0.6) is 5.75 Å². The Balaban J connectivity index is 0.000000164. The number of methoxy groups -OCH3 is 1. The second-order valence-corrected chi connectivity index (χ2v) is 21.9. The number of hydrogen-bond donors (Lipinski definition) is 2. The summed E-state index contributed by atoms with van der Waals surface area (Å²) in [7, 11) is 1.33. The van der Waals surface area contributed by atoms with Crippen LogP contribution in [0.2, 0.25) is 0 Å². The Labute approximate surface area is 499 Å². The highest BCUT2D eigenvalue weighted by Crippen LogP contribution is 2.35. The first kappa shape index (κ1) is 59.5. The number of piperazine rings is 3. The number of hydrogen-bond acceptors (Lipinski definition) is 17. The van der Waals surface area contributed by atoms with E-state index in [1.165, 1.54) is 35.1 Å². The Kier molecular flexibility index (Phi) is 21.0. The predicted octanol–water partition coefficient (Wildman–Crippen LogP) is 6.70. The van der Waals surface area contributed by atoms with Gasteiger partial charge in [-0.3, -0.25) is 64.2 Å². The summed E-state index contributed by atoms with van der Waals surface area (Å²) in [4.78, 5) is 86.6. The molecule has 11 heterocycles. The Morgan fingerprint density at radius 3 is 1.61 bits per heavy atom. The summed E-state index contributed by atoms with van der Waals surface area (Å²) in [6, 6.07) is 26.7. The second-order valence-electron chi connectivity index (χ2n) is 20.1. The van der Waals surface area contributed by atoms with Crippen LogP contribution in [0.15, 0.2) is 150 Å². The number of nitrogens with zero attached hydrogens (tertiary/aromatic N) is 12. The van der Waals surface area contributed by atoms with Crippen LogP contribution >= 0.6 is 31.9 Å². The molecule has 1 atom stereocenters. The first-order chi connectivity index (χ1) is 40.4. The highest BCUT2D eigenvalue weighted by molar-refractivity contribution is 9.10. The molecule has 0 saturated carbocycles. The van der Waals surface area contributed by atoms with Gasteiger partial charge in [0.05, 0.1) is 30.5 Å². The molecule has 1 aromatic carbocycles. The molecule has 19 nitrogen and oxygen atoms in total. The molecule has 3 amide bonds. The monoisotopic (exact) mass is 1250 g/mol. The molecule has 0 unspecified atom stereocenters. The summed E-state index contributed by atoms with van der Waals surface area (Å²) in [6.45, 7) is 13.9. The van der Waals surface area contributed by atoms with E-state index in [1.54, 1.807) is 43.0 Å². The Morgan fingerprint density at radius 2 is 1.16 bits per heavy atom. The van der Waals surface area contributed by atoms with E-state index in [0.717, 1.165) is 105 Å². The average molecular weight is 1250 g/mol. The number of imide groups is 1. The van der Waals surface area contributed by atoms with Crippen molar-refractivity contribution < 1.29 is 28.3 Å². The average Bonchev–Trinajstić information content (AvgIpc) is 4.10. The number of halogens is 3. The standard InChI is InChI=1S/C31H29FN6O4.C15H17BrN4.C9H13N3.C6H4BrNO/c1-42-25-5-3-22-18-38(29(40)27(22)28(25)32)20-31(16-26(39)35-30(31)41)9-6-21-2-4-23(34-17-21)19-36-12-14-37(15-13-36)24-7-10-33-11-8-24;16-13-1-2-14(18-11-13)12-19-7-9-20(10-8-19)15-3-5-17-6-4-15;1-3-10-4-2-9(1)12-7-5-11-6-8-12;7-5-1-2-6(4-9)8-3-5/h2-5,7-8,10-11,17H,12-16,18-20H2,1H3,(H,35,39,41);1-6,11H,7-10,12H2;1-4,11H,5-8H2;1-4H/t31-;;;/m1.../s1. The lowest BCUT2D eigenvalue weighted by Gasteiger charge is -2.35. The highest BCUT2D eigenvalue weighted by Gasteiger charge is 2.49. The molecule has 5 aliphatic rings. The fraction of sp³-hybridized carbons (Fsp3) is 0.311. The maximum Gasteiger partial charge on any atom is 0.257 e. The normalized spacial score (nSPS) is 17.8. The van der Waals surface area contributed by atoms with Gasteiger partial charge in [0, 0.05) is 192 Å². The van der Waals surface area contributed by atoms with Crippen molar-refractivity contribution in [3.05, 3.63) is 189 Å². The van der Waals surface area contributed by atoms with Crippen molar-refractivity contribution >= 4 is 72.9 Å². The van der Waals surface area contributed by atoms with Gasteiger partial charge in [-0.05, 0) is 116 Å². The number of nitrogens with one attached hydrogen (secondary N) is 2. The van der Waals surface area contributed by atoms with Crippen LogP contribution in [0.3, 0.4) is 0 Å². The van der Waals surface area contributed by atoms with Crippen molar-refractivity contribution in [2.45, 2.75) is 26.1 Å². The van der Waals surface area contributed by atoms with Gasteiger partial charge in [-0.1, -0.05) is 17.9 Å². The third kappa shape index (κ3) is 16.4. The van der Waals surface area contributed by atoms with Gasteiger partial charge in [0.15, 0.2) is 17.9 Å². The smallest absolute Gasteiger partial charge is 0.257 e. The molecule has 2 N–H and O–H groups in total. The molecular weight excluding hydrogens is 1190 g/mol. The van der Waals surface area contributed by atoms with Crippen LogP contribution < -0.4 is 30.1 Å². The summed E-state index contributed by atoms with van der Waals surface area (Å²) in [5, 5.41) is 5.64. The number of fused-ring (bicyclic) bond motifs is 1. The van der Waals surface area contributed by atoms with Crippen molar-refractivity contribution in [2.75, 3.05) is 107 Å². The number of amides is 3. The van der Waals surface area contributed by atoms with Crippen LogP contribution in [0, 0.1) is 23.1 Å². The van der Waals surface area contributed by atoms with Crippen molar-refractivity contribution in [3.63, 3.8) is 0 Å². The number of benzene rings is 1. The SMILES string of the molecule is Brc1ccc(CN2CCN(c3ccncc3)CC2)nc1.COc1ccc2c(c1F)C(=O)N(C[C@@]1(C#Cc3ccc(CN4CCN(c5ccncc5)CC4)nc3)CC(=O)NC1=O)C2.O=Cc1ccc(Br)cn1.c1cc(N2CCNCC2)ccn1. The lowest BCUT2D eigenvalue weighted by atomic mass is 9.85. The molecule has 7 aromatic rings. The van der Waals surface area contributed by atoms with Crippen molar-refractivity contribution in [2.24, 2.45) is 5.41 Å². The molecule has 0 bridgehead atoms.